The lowest BCUT2D eigenvalue weighted by atomic mass is 10.3. The molecule has 0 aromatic rings. The third-order valence-electron chi connectivity index (χ3n) is 1.86. The van der Waals surface area contributed by atoms with Gasteiger partial charge in [-0.25, -0.2) is 4.74 Å². The SMILES string of the molecule is O=S1(=O)OC(F)(OC(F)(F)C(F)(F)C(F)(F)F)C1(F)F. The molecule has 0 radical (unpaired) electrons. The van der Waals surface area contributed by atoms with E-state index in [2.05, 4.69) is 4.18 Å². The Morgan fingerprint density at radius 3 is 1.55 bits per heavy atom. The largest absolute Gasteiger partial charge is 0.462 e. The molecule has 0 amide bonds. The lowest BCUT2D eigenvalue weighted by molar-refractivity contribution is -0.508. The highest BCUT2D eigenvalue weighted by molar-refractivity contribution is 7.89. The molecule has 1 saturated heterocycles. The normalized spacial score (nSPS) is 29.9. The maximum atomic E-state index is 12.8. The molecule has 1 heterocycles. The maximum Gasteiger partial charge on any atom is 0.462 e. The fourth-order valence-corrected chi connectivity index (χ4v) is 1.62. The molecule has 0 aliphatic carbocycles. The van der Waals surface area contributed by atoms with E-state index < -0.39 is 39.6 Å². The van der Waals surface area contributed by atoms with Gasteiger partial charge in [-0.2, -0.15) is 56.5 Å². The second-order valence-corrected chi connectivity index (χ2v) is 4.87. The minimum Gasteiger partial charge on any atom is -0.247 e. The molecule has 0 spiro atoms. The zero-order chi connectivity index (χ0) is 16.4. The number of hydrogen-bond donors (Lipinski definition) is 0. The Morgan fingerprint density at radius 1 is 0.900 bits per heavy atom. The summed E-state index contributed by atoms with van der Waals surface area (Å²) in [6.07, 6.45) is -13.9. The first-order valence-corrected chi connectivity index (χ1v) is 5.36. The van der Waals surface area contributed by atoms with Gasteiger partial charge in [0.05, 0.1) is 0 Å². The number of halogens is 10. The van der Waals surface area contributed by atoms with Crippen LogP contribution in [0.25, 0.3) is 0 Å². The molecule has 1 atom stereocenters. The van der Waals surface area contributed by atoms with Crippen molar-refractivity contribution in [2.45, 2.75) is 29.5 Å². The Balaban J connectivity index is 3.11. The Morgan fingerprint density at radius 2 is 1.30 bits per heavy atom. The van der Waals surface area contributed by atoms with Gasteiger partial charge < -0.3 is 0 Å². The van der Waals surface area contributed by atoms with Gasteiger partial charge in [-0.1, -0.05) is 0 Å². The van der Waals surface area contributed by atoms with Crippen LogP contribution in [0.2, 0.25) is 0 Å². The molecule has 1 fully saturated rings. The van der Waals surface area contributed by atoms with E-state index in [9.17, 15) is 52.3 Å². The molecule has 0 saturated carbocycles. The van der Waals surface area contributed by atoms with E-state index in [1.165, 1.54) is 0 Å². The van der Waals surface area contributed by atoms with Crippen LogP contribution >= 0.6 is 0 Å². The van der Waals surface area contributed by atoms with Gasteiger partial charge in [0.15, 0.2) is 0 Å². The Hall–Kier alpha value is -0.830. The van der Waals surface area contributed by atoms with Crippen LogP contribution in [0.15, 0.2) is 0 Å². The second-order valence-electron chi connectivity index (χ2n) is 3.28. The van der Waals surface area contributed by atoms with E-state index in [0.717, 1.165) is 0 Å². The summed E-state index contributed by atoms with van der Waals surface area (Å²) in [5.74, 6) is -7.09. The number of rotatable bonds is 3. The molecular formula is C5F10O4S. The summed E-state index contributed by atoms with van der Waals surface area (Å²) < 4.78 is 147. The molecule has 0 aromatic heterocycles. The lowest BCUT2D eigenvalue weighted by Crippen LogP contribution is -2.69. The zero-order valence-corrected chi connectivity index (χ0v) is 9.14. The summed E-state index contributed by atoms with van der Waals surface area (Å²) in [4.78, 5) is 0. The standard InChI is InChI=1S/C5F10O4S/c6-1(7,2(8,9)10)3(11,12)18-5(15)4(13,14)20(16,17)19-5. The predicted octanol–water partition coefficient (Wildman–Crippen LogP) is 2.37. The smallest absolute Gasteiger partial charge is 0.247 e. The first-order valence-electron chi connectivity index (χ1n) is 3.96. The Bertz CT molecular complexity index is 508. The van der Waals surface area contributed by atoms with Gasteiger partial charge >= 0.3 is 39.6 Å². The van der Waals surface area contributed by atoms with Gasteiger partial charge in [-0.3, -0.25) is 0 Å². The summed E-state index contributed by atoms with van der Waals surface area (Å²) in [5, 5.41) is -5.90. The summed E-state index contributed by atoms with van der Waals surface area (Å²) in [5.41, 5.74) is 0. The summed E-state index contributed by atoms with van der Waals surface area (Å²) in [7, 11) is -6.11. The van der Waals surface area contributed by atoms with Gasteiger partial charge in [-0.15, -0.1) is 0 Å². The van der Waals surface area contributed by atoms with Gasteiger partial charge in [0.2, 0.25) is 0 Å². The fourth-order valence-electron chi connectivity index (χ4n) is 0.828. The van der Waals surface area contributed by atoms with E-state index in [-0.39, 0.29) is 0 Å². The van der Waals surface area contributed by atoms with Crippen LogP contribution in [0, 0.1) is 0 Å². The van der Waals surface area contributed by atoms with Crippen molar-refractivity contribution in [1.82, 2.24) is 0 Å². The van der Waals surface area contributed by atoms with Crippen LogP contribution in [0.4, 0.5) is 43.9 Å². The molecule has 1 aliphatic rings. The highest BCUT2D eigenvalue weighted by Crippen LogP contribution is 2.56. The van der Waals surface area contributed by atoms with Gasteiger partial charge in [0, 0.05) is 0 Å². The van der Waals surface area contributed by atoms with E-state index in [1.807, 2.05) is 4.74 Å². The summed E-state index contributed by atoms with van der Waals surface area (Å²) in [6.45, 7) is 0. The van der Waals surface area contributed by atoms with Crippen LogP contribution in [0.5, 0.6) is 0 Å². The van der Waals surface area contributed by atoms with Crippen molar-refractivity contribution >= 4 is 10.1 Å². The molecular weight excluding hydrogens is 346 g/mol. The quantitative estimate of drug-likeness (QED) is 0.582. The van der Waals surface area contributed by atoms with Crippen molar-refractivity contribution in [3.8, 4) is 0 Å². The van der Waals surface area contributed by atoms with Crippen LogP contribution < -0.4 is 0 Å². The first-order chi connectivity index (χ1) is 8.41. The van der Waals surface area contributed by atoms with E-state index in [1.54, 1.807) is 0 Å². The minimum absolute atomic E-state index is 1.98. The van der Waals surface area contributed by atoms with Crippen LogP contribution in [0.3, 0.4) is 0 Å². The Labute approximate surface area is 102 Å². The molecule has 20 heavy (non-hydrogen) atoms. The second kappa shape index (κ2) is 3.88. The molecule has 0 aromatic carbocycles. The molecule has 0 N–H and O–H groups in total. The number of ether oxygens (including phenoxy) is 1. The van der Waals surface area contributed by atoms with E-state index in [0.29, 0.717) is 0 Å². The van der Waals surface area contributed by atoms with Crippen molar-refractivity contribution in [2.75, 3.05) is 0 Å². The van der Waals surface area contributed by atoms with Crippen LogP contribution in [-0.2, 0) is 19.0 Å². The first kappa shape index (κ1) is 17.2. The molecule has 120 valence electrons. The number of hydrogen-bond acceptors (Lipinski definition) is 4. The molecule has 0 bridgehead atoms. The lowest BCUT2D eigenvalue weighted by Gasteiger charge is -2.41. The van der Waals surface area contributed by atoms with Gasteiger partial charge in [0.1, 0.15) is 0 Å². The highest BCUT2D eigenvalue weighted by Gasteiger charge is 2.86. The van der Waals surface area contributed by atoms with Crippen LogP contribution in [0.1, 0.15) is 0 Å². The highest BCUT2D eigenvalue weighted by atomic mass is 32.2. The maximum absolute atomic E-state index is 12.8. The third-order valence-corrected chi connectivity index (χ3v) is 3.17. The Kier molecular flexibility index (Phi) is 3.34. The van der Waals surface area contributed by atoms with Crippen molar-refractivity contribution in [3.63, 3.8) is 0 Å². The average Bonchev–Trinajstić information content (AvgIpc) is 2.12. The van der Waals surface area contributed by atoms with Gasteiger partial charge in [0.25, 0.3) is 0 Å². The van der Waals surface area contributed by atoms with Crippen molar-refractivity contribution < 1.29 is 61.2 Å². The van der Waals surface area contributed by atoms with Gasteiger partial charge in [-0.05, 0) is 0 Å². The third kappa shape index (κ3) is 2.02. The van der Waals surface area contributed by atoms with Crippen molar-refractivity contribution in [2.24, 2.45) is 0 Å². The molecule has 1 aliphatic heterocycles. The molecule has 1 unspecified atom stereocenters. The fraction of sp³-hybridized carbons (Fsp3) is 1.00. The molecule has 1 rings (SSSR count). The zero-order valence-electron chi connectivity index (χ0n) is 8.32. The van der Waals surface area contributed by atoms with Crippen molar-refractivity contribution in [1.29, 1.82) is 0 Å². The number of alkyl halides is 10. The van der Waals surface area contributed by atoms with Crippen molar-refractivity contribution in [3.05, 3.63) is 0 Å². The summed E-state index contributed by atoms with van der Waals surface area (Å²) in [6, 6.07) is -5.69. The minimum atomic E-state index is -7.09. The molecule has 15 heteroatoms. The van der Waals surface area contributed by atoms with E-state index >= 15 is 0 Å². The van der Waals surface area contributed by atoms with Crippen LogP contribution in [-0.4, -0.2) is 37.9 Å². The topological polar surface area (TPSA) is 52.6 Å². The molecule has 4 nitrogen and oxygen atoms in total. The summed E-state index contributed by atoms with van der Waals surface area (Å²) >= 11 is 0. The van der Waals surface area contributed by atoms with E-state index in [4.69, 9.17) is 0 Å². The predicted molar refractivity (Wildman–Crippen MR) is 35.8 cm³/mol. The monoisotopic (exact) mass is 346 g/mol. The average molecular weight is 346 g/mol.